The standard InChI is InChI=1S/C14H20F3N/c1-3-9-18-11(4-2)7-5-10-6-8-12(15)14(17)13(10)16/h6,8,11,18H,3-5,7,9H2,1-2H3. The maximum absolute atomic E-state index is 13.4. The molecule has 0 fully saturated rings. The summed E-state index contributed by atoms with van der Waals surface area (Å²) in [4.78, 5) is 0. The molecule has 1 unspecified atom stereocenters. The zero-order valence-electron chi connectivity index (χ0n) is 10.9. The predicted octanol–water partition coefficient (Wildman–Crippen LogP) is 3.81. The minimum absolute atomic E-state index is 0.241. The summed E-state index contributed by atoms with van der Waals surface area (Å²) in [5.41, 5.74) is 0.241. The minimum atomic E-state index is -1.37. The summed E-state index contributed by atoms with van der Waals surface area (Å²) in [5, 5.41) is 3.34. The Morgan fingerprint density at radius 2 is 1.83 bits per heavy atom. The maximum Gasteiger partial charge on any atom is 0.194 e. The Morgan fingerprint density at radius 3 is 2.44 bits per heavy atom. The van der Waals surface area contributed by atoms with Crippen LogP contribution in [0.4, 0.5) is 13.2 Å². The van der Waals surface area contributed by atoms with E-state index in [2.05, 4.69) is 19.2 Å². The van der Waals surface area contributed by atoms with Gasteiger partial charge < -0.3 is 5.32 Å². The van der Waals surface area contributed by atoms with Crippen LogP contribution in [0, 0.1) is 17.5 Å². The van der Waals surface area contributed by atoms with E-state index in [-0.39, 0.29) is 11.6 Å². The van der Waals surface area contributed by atoms with E-state index in [9.17, 15) is 13.2 Å². The molecule has 0 aromatic heterocycles. The molecular weight excluding hydrogens is 239 g/mol. The highest BCUT2D eigenvalue weighted by Crippen LogP contribution is 2.17. The molecule has 1 N–H and O–H groups in total. The molecule has 1 atom stereocenters. The molecule has 1 aromatic carbocycles. The lowest BCUT2D eigenvalue weighted by Crippen LogP contribution is -2.29. The molecule has 0 aliphatic heterocycles. The van der Waals surface area contributed by atoms with Gasteiger partial charge in [0.2, 0.25) is 0 Å². The van der Waals surface area contributed by atoms with Crippen molar-refractivity contribution in [2.24, 2.45) is 0 Å². The molecule has 0 bridgehead atoms. The Bertz CT molecular complexity index is 380. The van der Waals surface area contributed by atoms with Gasteiger partial charge in [-0.1, -0.05) is 19.9 Å². The smallest absolute Gasteiger partial charge is 0.194 e. The minimum Gasteiger partial charge on any atom is -0.314 e. The van der Waals surface area contributed by atoms with Gasteiger partial charge in [0.05, 0.1) is 0 Å². The van der Waals surface area contributed by atoms with E-state index in [0.717, 1.165) is 31.9 Å². The van der Waals surface area contributed by atoms with Crippen molar-refractivity contribution in [2.75, 3.05) is 6.54 Å². The zero-order valence-corrected chi connectivity index (χ0v) is 10.9. The first kappa shape index (κ1) is 15.0. The molecule has 0 aliphatic rings. The fraction of sp³-hybridized carbons (Fsp3) is 0.571. The van der Waals surface area contributed by atoms with Crippen molar-refractivity contribution in [2.45, 2.75) is 45.6 Å². The van der Waals surface area contributed by atoms with E-state index in [4.69, 9.17) is 0 Å². The first-order valence-electron chi connectivity index (χ1n) is 6.45. The fourth-order valence-corrected chi connectivity index (χ4v) is 1.89. The topological polar surface area (TPSA) is 12.0 Å². The summed E-state index contributed by atoms with van der Waals surface area (Å²) in [6.45, 7) is 5.04. The van der Waals surface area contributed by atoms with Crippen LogP contribution >= 0.6 is 0 Å². The number of aryl methyl sites for hydroxylation is 1. The van der Waals surface area contributed by atoms with Crippen molar-refractivity contribution in [3.63, 3.8) is 0 Å². The summed E-state index contributed by atoms with van der Waals surface area (Å²) in [6.07, 6.45) is 3.11. The van der Waals surface area contributed by atoms with E-state index >= 15 is 0 Å². The number of hydrogen-bond acceptors (Lipinski definition) is 1. The van der Waals surface area contributed by atoms with Crippen LogP contribution in [0.5, 0.6) is 0 Å². The van der Waals surface area contributed by atoms with Gasteiger partial charge in [0.15, 0.2) is 17.5 Å². The Labute approximate surface area is 106 Å². The average Bonchev–Trinajstić information content (AvgIpc) is 2.38. The number of halogens is 3. The highest BCUT2D eigenvalue weighted by Gasteiger charge is 2.14. The average molecular weight is 259 g/mol. The number of nitrogens with one attached hydrogen (secondary N) is 1. The van der Waals surface area contributed by atoms with E-state index in [1.807, 2.05) is 0 Å². The summed E-state index contributed by atoms with van der Waals surface area (Å²) < 4.78 is 39.2. The molecule has 0 aliphatic carbocycles. The second-order valence-electron chi connectivity index (χ2n) is 4.43. The molecule has 0 radical (unpaired) electrons. The molecule has 0 spiro atoms. The van der Waals surface area contributed by atoms with Crippen LogP contribution in [0.3, 0.4) is 0 Å². The van der Waals surface area contributed by atoms with Gasteiger partial charge in [0, 0.05) is 6.04 Å². The maximum atomic E-state index is 13.4. The summed E-state index contributed by atoms with van der Waals surface area (Å²) in [6, 6.07) is 2.59. The second-order valence-corrected chi connectivity index (χ2v) is 4.43. The van der Waals surface area contributed by atoms with Crippen LogP contribution in [-0.4, -0.2) is 12.6 Å². The Kier molecular flexibility index (Phi) is 6.19. The van der Waals surface area contributed by atoms with E-state index in [1.54, 1.807) is 0 Å². The molecule has 1 nitrogen and oxygen atoms in total. The van der Waals surface area contributed by atoms with Crippen LogP contribution in [0.15, 0.2) is 12.1 Å². The molecule has 1 aromatic rings. The van der Waals surface area contributed by atoms with Gasteiger partial charge in [-0.3, -0.25) is 0 Å². The summed E-state index contributed by atoms with van der Waals surface area (Å²) >= 11 is 0. The first-order valence-corrected chi connectivity index (χ1v) is 6.45. The lowest BCUT2D eigenvalue weighted by atomic mass is 10.0. The van der Waals surface area contributed by atoms with E-state index < -0.39 is 17.5 Å². The first-order chi connectivity index (χ1) is 8.60. The molecular formula is C14H20F3N. The van der Waals surface area contributed by atoms with Crippen LogP contribution in [0.1, 0.15) is 38.7 Å². The van der Waals surface area contributed by atoms with Gasteiger partial charge in [0.1, 0.15) is 0 Å². The van der Waals surface area contributed by atoms with Crippen molar-refractivity contribution in [1.82, 2.24) is 5.32 Å². The van der Waals surface area contributed by atoms with Crippen molar-refractivity contribution >= 4 is 0 Å². The third-order valence-electron chi connectivity index (χ3n) is 3.05. The second kappa shape index (κ2) is 7.41. The summed E-state index contributed by atoms with van der Waals surface area (Å²) in [7, 11) is 0. The van der Waals surface area contributed by atoms with Crippen molar-refractivity contribution < 1.29 is 13.2 Å². The molecule has 0 saturated carbocycles. The molecule has 102 valence electrons. The predicted molar refractivity (Wildman–Crippen MR) is 67.0 cm³/mol. The fourth-order valence-electron chi connectivity index (χ4n) is 1.89. The van der Waals surface area contributed by atoms with Crippen LogP contribution in [-0.2, 0) is 6.42 Å². The lowest BCUT2D eigenvalue weighted by Gasteiger charge is -2.16. The van der Waals surface area contributed by atoms with E-state index in [0.29, 0.717) is 6.42 Å². The number of benzene rings is 1. The molecule has 0 heterocycles. The molecule has 0 saturated heterocycles. The van der Waals surface area contributed by atoms with Crippen molar-refractivity contribution in [1.29, 1.82) is 0 Å². The number of rotatable bonds is 7. The number of hydrogen-bond donors (Lipinski definition) is 1. The normalized spacial score (nSPS) is 12.7. The van der Waals surface area contributed by atoms with Gasteiger partial charge in [-0.15, -0.1) is 0 Å². The van der Waals surface area contributed by atoms with Gasteiger partial charge in [-0.25, -0.2) is 13.2 Å². The van der Waals surface area contributed by atoms with Gasteiger partial charge in [-0.05, 0) is 43.9 Å². The Balaban J connectivity index is 2.59. The summed E-state index contributed by atoms with van der Waals surface area (Å²) in [5.74, 6) is -3.56. The molecule has 18 heavy (non-hydrogen) atoms. The van der Waals surface area contributed by atoms with Gasteiger partial charge in [-0.2, -0.15) is 0 Å². The largest absolute Gasteiger partial charge is 0.314 e. The lowest BCUT2D eigenvalue weighted by molar-refractivity contribution is 0.431. The molecule has 4 heteroatoms. The highest BCUT2D eigenvalue weighted by atomic mass is 19.2. The molecule has 0 amide bonds. The molecule has 1 rings (SSSR count). The zero-order chi connectivity index (χ0) is 13.5. The van der Waals surface area contributed by atoms with Crippen LogP contribution in [0.2, 0.25) is 0 Å². The Hall–Kier alpha value is -1.03. The third-order valence-corrected chi connectivity index (χ3v) is 3.05. The van der Waals surface area contributed by atoms with Crippen molar-refractivity contribution in [3.05, 3.63) is 35.1 Å². The van der Waals surface area contributed by atoms with Gasteiger partial charge in [0.25, 0.3) is 0 Å². The van der Waals surface area contributed by atoms with Gasteiger partial charge >= 0.3 is 0 Å². The van der Waals surface area contributed by atoms with Crippen molar-refractivity contribution in [3.8, 4) is 0 Å². The van der Waals surface area contributed by atoms with E-state index in [1.165, 1.54) is 6.07 Å². The van der Waals surface area contributed by atoms with Crippen LogP contribution < -0.4 is 5.32 Å². The monoisotopic (exact) mass is 259 g/mol. The third kappa shape index (κ3) is 4.02. The highest BCUT2D eigenvalue weighted by molar-refractivity contribution is 5.20. The quantitative estimate of drug-likeness (QED) is 0.734. The SMILES string of the molecule is CCCNC(CC)CCc1ccc(F)c(F)c1F. The Morgan fingerprint density at radius 1 is 1.11 bits per heavy atom. The van der Waals surface area contributed by atoms with Crippen LogP contribution in [0.25, 0.3) is 0 Å².